The van der Waals surface area contributed by atoms with Gasteiger partial charge in [0.25, 0.3) is 0 Å². The second-order valence-electron chi connectivity index (χ2n) is 1.46. The van der Waals surface area contributed by atoms with E-state index in [9.17, 15) is 0 Å². The van der Waals surface area contributed by atoms with Crippen molar-refractivity contribution >= 4 is 17.8 Å². The predicted molar refractivity (Wildman–Crippen MR) is 34.4 cm³/mol. The van der Waals surface area contributed by atoms with E-state index in [0.717, 1.165) is 5.17 Å². The van der Waals surface area contributed by atoms with E-state index in [2.05, 4.69) is 10.0 Å². The molecule has 0 spiro atoms. The van der Waals surface area contributed by atoms with Crippen LogP contribution >= 0.6 is 11.6 Å². The molecule has 50 valence electrons. The van der Waals surface area contributed by atoms with Gasteiger partial charge >= 0.3 is 0 Å². The van der Waals surface area contributed by atoms with Gasteiger partial charge in [-0.3, -0.25) is 0 Å². The van der Waals surface area contributed by atoms with Crippen LogP contribution in [-0.2, 0) is 4.94 Å². The summed E-state index contributed by atoms with van der Waals surface area (Å²) < 4.78 is 0. The smallest absolute Gasteiger partial charge is 0.0905 e. The number of allylic oxidation sites excluding steroid dienone is 1. The molecule has 2 N–H and O–H groups in total. The first-order valence-corrected chi connectivity index (χ1v) is 2.79. The van der Waals surface area contributed by atoms with E-state index in [1.807, 2.05) is 0 Å². The fraction of sp³-hybridized carbons (Fsp3) is 0.250. The lowest BCUT2D eigenvalue weighted by atomic mass is 10.4. The minimum Gasteiger partial charge on any atom is -0.188 e. The predicted octanol–water partition coefficient (Wildman–Crippen LogP) is 0.214. The minimum atomic E-state index is -0.156. The van der Waals surface area contributed by atoms with Crippen LogP contribution in [0.3, 0.4) is 0 Å². The zero-order valence-corrected chi connectivity index (χ0v) is 5.32. The Labute approximate surface area is 57.4 Å². The monoisotopic (exact) mass is 147 g/mol. The fourth-order valence-electron chi connectivity index (χ4n) is 0.436. The summed E-state index contributed by atoms with van der Waals surface area (Å²) in [4.78, 5) is 4.23. The van der Waals surface area contributed by atoms with Crippen LogP contribution in [0.4, 0.5) is 0 Å². The van der Waals surface area contributed by atoms with E-state index >= 15 is 0 Å². The Morgan fingerprint density at radius 1 is 1.78 bits per heavy atom. The SMILES string of the molecule is NON1C=CC(Cl)C=N1. The van der Waals surface area contributed by atoms with Crippen LogP contribution in [0.5, 0.6) is 0 Å². The summed E-state index contributed by atoms with van der Waals surface area (Å²) in [6.07, 6.45) is 4.74. The van der Waals surface area contributed by atoms with Gasteiger partial charge < -0.3 is 0 Å². The van der Waals surface area contributed by atoms with Gasteiger partial charge in [0.2, 0.25) is 0 Å². The van der Waals surface area contributed by atoms with Crippen LogP contribution in [0.25, 0.3) is 0 Å². The average Bonchev–Trinajstić information content (AvgIpc) is 1.90. The Morgan fingerprint density at radius 3 is 3.00 bits per heavy atom. The lowest BCUT2D eigenvalue weighted by Crippen LogP contribution is -2.20. The Kier molecular flexibility index (Phi) is 2.05. The van der Waals surface area contributed by atoms with Gasteiger partial charge in [-0.05, 0) is 6.08 Å². The molecule has 0 aromatic heterocycles. The van der Waals surface area contributed by atoms with Crippen molar-refractivity contribution in [2.45, 2.75) is 5.38 Å². The number of alkyl halides is 1. The zero-order chi connectivity index (χ0) is 6.69. The van der Waals surface area contributed by atoms with Gasteiger partial charge in [0.05, 0.1) is 11.6 Å². The maximum absolute atomic E-state index is 5.58. The van der Waals surface area contributed by atoms with Crippen molar-refractivity contribution in [1.82, 2.24) is 5.17 Å². The summed E-state index contributed by atoms with van der Waals surface area (Å²) in [7, 11) is 0. The van der Waals surface area contributed by atoms with Crippen molar-refractivity contribution in [3.05, 3.63) is 12.3 Å². The zero-order valence-electron chi connectivity index (χ0n) is 4.57. The van der Waals surface area contributed by atoms with Crippen molar-refractivity contribution < 1.29 is 4.94 Å². The third-order valence-electron chi connectivity index (χ3n) is 0.828. The van der Waals surface area contributed by atoms with Gasteiger partial charge in [-0.2, -0.15) is 15.9 Å². The topological polar surface area (TPSA) is 50.9 Å². The van der Waals surface area contributed by atoms with Crippen LogP contribution in [0.15, 0.2) is 17.4 Å². The minimum absolute atomic E-state index is 0.156. The fourth-order valence-corrected chi connectivity index (χ4v) is 0.551. The summed E-state index contributed by atoms with van der Waals surface area (Å²) in [6.45, 7) is 0. The molecule has 0 radical (unpaired) electrons. The largest absolute Gasteiger partial charge is 0.188 e. The number of rotatable bonds is 1. The number of nitrogens with zero attached hydrogens (tertiary/aromatic N) is 2. The Bertz CT molecular complexity index is 133. The molecular formula is C4H6ClN3O. The van der Waals surface area contributed by atoms with Gasteiger partial charge in [0.15, 0.2) is 0 Å². The van der Waals surface area contributed by atoms with Crippen molar-refractivity contribution in [3.8, 4) is 0 Å². The normalized spacial score (nSPS) is 25.1. The summed E-state index contributed by atoms with van der Waals surface area (Å²) in [6, 6.07) is 0. The van der Waals surface area contributed by atoms with Crippen LogP contribution in [0.2, 0.25) is 0 Å². The quantitative estimate of drug-likeness (QED) is 0.426. The lowest BCUT2D eigenvalue weighted by Gasteiger charge is -2.12. The molecule has 0 saturated carbocycles. The molecule has 1 aliphatic rings. The van der Waals surface area contributed by atoms with Gasteiger partial charge in [-0.1, -0.05) is 0 Å². The third kappa shape index (κ3) is 1.67. The number of hydrogen-bond donors (Lipinski definition) is 1. The molecule has 4 nitrogen and oxygen atoms in total. The molecular weight excluding hydrogens is 142 g/mol. The van der Waals surface area contributed by atoms with Crippen LogP contribution < -0.4 is 5.90 Å². The number of hydroxylamine groups is 1. The maximum Gasteiger partial charge on any atom is 0.0905 e. The van der Waals surface area contributed by atoms with E-state index in [1.165, 1.54) is 12.4 Å². The van der Waals surface area contributed by atoms with E-state index in [-0.39, 0.29) is 5.38 Å². The summed E-state index contributed by atoms with van der Waals surface area (Å²) in [5.74, 6) is 4.77. The standard InChI is InChI=1S/C4H6ClN3O/c5-4-1-2-8(9-6)7-3-4/h1-4H,6H2. The highest BCUT2D eigenvalue weighted by Crippen LogP contribution is 2.02. The van der Waals surface area contributed by atoms with Gasteiger partial charge in [-0.25, -0.2) is 0 Å². The molecule has 5 heteroatoms. The van der Waals surface area contributed by atoms with Crippen molar-refractivity contribution in [2.24, 2.45) is 11.0 Å². The van der Waals surface area contributed by atoms with Crippen LogP contribution in [0, 0.1) is 0 Å². The molecule has 1 rings (SSSR count). The molecule has 0 amide bonds. The molecule has 0 saturated heterocycles. The van der Waals surface area contributed by atoms with Crippen molar-refractivity contribution in [3.63, 3.8) is 0 Å². The highest BCUT2D eigenvalue weighted by molar-refractivity contribution is 6.29. The Morgan fingerprint density at radius 2 is 2.56 bits per heavy atom. The highest BCUT2D eigenvalue weighted by atomic mass is 35.5. The van der Waals surface area contributed by atoms with Crippen LogP contribution in [0.1, 0.15) is 0 Å². The molecule has 0 aromatic carbocycles. The molecule has 1 unspecified atom stereocenters. The third-order valence-corrected chi connectivity index (χ3v) is 1.09. The molecule has 0 aliphatic carbocycles. The first kappa shape index (κ1) is 6.54. The molecule has 1 atom stereocenters. The molecule has 1 heterocycles. The van der Waals surface area contributed by atoms with Gasteiger partial charge in [-0.15, -0.1) is 16.8 Å². The molecule has 0 fully saturated rings. The molecule has 0 aromatic rings. The molecule has 1 aliphatic heterocycles. The second kappa shape index (κ2) is 2.82. The average molecular weight is 148 g/mol. The first-order valence-electron chi connectivity index (χ1n) is 2.35. The van der Waals surface area contributed by atoms with Crippen molar-refractivity contribution in [1.29, 1.82) is 0 Å². The Hall–Kier alpha value is -0.580. The van der Waals surface area contributed by atoms with E-state index in [4.69, 9.17) is 17.5 Å². The summed E-state index contributed by atoms with van der Waals surface area (Å²) >= 11 is 5.58. The van der Waals surface area contributed by atoms with Crippen LogP contribution in [-0.4, -0.2) is 16.8 Å². The second-order valence-corrected chi connectivity index (χ2v) is 1.96. The number of hydrazone groups is 1. The van der Waals surface area contributed by atoms with E-state index in [0.29, 0.717) is 0 Å². The number of halogens is 1. The maximum atomic E-state index is 5.58. The molecule has 9 heavy (non-hydrogen) atoms. The number of hydrogen-bond acceptors (Lipinski definition) is 4. The first-order chi connectivity index (χ1) is 4.33. The van der Waals surface area contributed by atoms with Gasteiger partial charge in [0, 0.05) is 6.21 Å². The summed E-state index contributed by atoms with van der Waals surface area (Å²) in [5.41, 5.74) is 0. The van der Waals surface area contributed by atoms with E-state index in [1.54, 1.807) is 6.08 Å². The van der Waals surface area contributed by atoms with Gasteiger partial charge in [0.1, 0.15) is 0 Å². The molecule has 0 bridgehead atoms. The Balaban J connectivity index is 2.48. The number of nitrogens with two attached hydrogens (primary N) is 1. The lowest BCUT2D eigenvalue weighted by molar-refractivity contribution is -0.124. The highest BCUT2D eigenvalue weighted by Gasteiger charge is 2.02. The summed E-state index contributed by atoms with van der Waals surface area (Å²) in [5, 5.41) is 4.63. The van der Waals surface area contributed by atoms with Crippen molar-refractivity contribution in [2.75, 3.05) is 0 Å². The van der Waals surface area contributed by atoms with E-state index < -0.39 is 0 Å².